The summed E-state index contributed by atoms with van der Waals surface area (Å²) in [6.07, 6.45) is 6.23. The number of aldehydes is 1. The van der Waals surface area contributed by atoms with Crippen LogP contribution in [0.4, 0.5) is 0 Å². The molecule has 3 atom stereocenters. The molecule has 0 aromatic carbocycles. The van der Waals surface area contributed by atoms with Crippen molar-refractivity contribution < 1.29 is 14.7 Å². The van der Waals surface area contributed by atoms with E-state index in [1.54, 1.807) is 0 Å². The van der Waals surface area contributed by atoms with E-state index in [2.05, 4.69) is 6.92 Å². The zero-order valence-corrected chi connectivity index (χ0v) is 9.32. The first-order valence-electron chi connectivity index (χ1n) is 5.80. The van der Waals surface area contributed by atoms with Crippen LogP contribution in [-0.2, 0) is 9.59 Å². The Kier molecular flexibility index (Phi) is 4.79. The van der Waals surface area contributed by atoms with Gasteiger partial charge in [-0.25, -0.2) is 0 Å². The molecular weight excluding hydrogens is 192 g/mol. The first kappa shape index (κ1) is 12.2. The monoisotopic (exact) mass is 212 g/mol. The second-order valence-electron chi connectivity index (χ2n) is 4.81. The SMILES string of the molecule is CC1CC(CCCC=O)CC(C(=O)O)C1. The van der Waals surface area contributed by atoms with Gasteiger partial charge in [0.15, 0.2) is 0 Å². The molecule has 3 nitrogen and oxygen atoms in total. The van der Waals surface area contributed by atoms with Crippen molar-refractivity contribution in [2.75, 3.05) is 0 Å². The standard InChI is InChI=1S/C12H20O3/c1-9-6-10(4-2-3-5-13)8-11(7-9)12(14)15/h5,9-11H,2-4,6-8H2,1H3,(H,14,15). The number of hydrogen-bond donors (Lipinski definition) is 1. The lowest BCUT2D eigenvalue weighted by molar-refractivity contribution is -0.144. The predicted octanol–water partition coefficient (Wildman–Crippen LogP) is 2.49. The van der Waals surface area contributed by atoms with Crippen molar-refractivity contribution in [3.05, 3.63) is 0 Å². The van der Waals surface area contributed by atoms with Gasteiger partial charge in [0.25, 0.3) is 0 Å². The molecule has 0 amide bonds. The number of carbonyl (C=O) groups is 2. The second-order valence-corrected chi connectivity index (χ2v) is 4.81. The first-order chi connectivity index (χ1) is 7.13. The average Bonchev–Trinajstić information content (AvgIpc) is 2.17. The molecular formula is C12H20O3. The van der Waals surface area contributed by atoms with Crippen molar-refractivity contribution in [2.45, 2.75) is 45.4 Å². The van der Waals surface area contributed by atoms with Gasteiger partial charge in [0.05, 0.1) is 5.92 Å². The van der Waals surface area contributed by atoms with Crippen LogP contribution in [0.25, 0.3) is 0 Å². The number of unbranched alkanes of at least 4 members (excludes halogenated alkanes) is 1. The lowest BCUT2D eigenvalue weighted by Gasteiger charge is -2.31. The predicted molar refractivity (Wildman–Crippen MR) is 57.5 cm³/mol. The zero-order chi connectivity index (χ0) is 11.3. The fourth-order valence-corrected chi connectivity index (χ4v) is 2.67. The summed E-state index contributed by atoms with van der Waals surface area (Å²) in [5, 5.41) is 8.99. The van der Waals surface area contributed by atoms with Crippen molar-refractivity contribution >= 4 is 12.3 Å². The molecule has 3 heteroatoms. The lowest BCUT2D eigenvalue weighted by Crippen LogP contribution is -2.26. The van der Waals surface area contributed by atoms with Gasteiger partial charge in [-0.3, -0.25) is 4.79 Å². The maximum atomic E-state index is 10.9. The molecule has 15 heavy (non-hydrogen) atoms. The number of rotatable bonds is 5. The number of carboxylic acids is 1. The van der Waals surface area contributed by atoms with Gasteiger partial charge in [0, 0.05) is 6.42 Å². The average molecular weight is 212 g/mol. The van der Waals surface area contributed by atoms with Crippen LogP contribution in [-0.4, -0.2) is 17.4 Å². The molecule has 0 bridgehead atoms. The molecule has 1 N–H and O–H groups in total. The Morgan fingerprint density at radius 3 is 2.73 bits per heavy atom. The van der Waals surface area contributed by atoms with Gasteiger partial charge in [-0.1, -0.05) is 13.3 Å². The summed E-state index contributed by atoms with van der Waals surface area (Å²) < 4.78 is 0. The van der Waals surface area contributed by atoms with Gasteiger partial charge in [-0.2, -0.15) is 0 Å². The maximum Gasteiger partial charge on any atom is 0.306 e. The van der Waals surface area contributed by atoms with E-state index in [9.17, 15) is 9.59 Å². The van der Waals surface area contributed by atoms with E-state index in [4.69, 9.17) is 5.11 Å². The number of carboxylic acid groups (broad SMARTS) is 1. The van der Waals surface area contributed by atoms with Crippen molar-refractivity contribution in [1.29, 1.82) is 0 Å². The molecule has 0 aliphatic heterocycles. The van der Waals surface area contributed by atoms with Gasteiger partial charge in [-0.05, 0) is 37.5 Å². The van der Waals surface area contributed by atoms with Crippen LogP contribution >= 0.6 is 0 Å². The highest BCUT2D eigenvalue weighted by molar-refractivity contribution is 5.70. The number of hydrogen-bond acceptors (Lipinski definition) is 2. The Morgan fingerprint density at radius 2 is 2.13 bits per heavy atom. The Labute approximate surface area is 90.9 Å². The van der Waals surface area contributed by atoms with Crippen molar-refractivity contribution in [2.24, 2.45) is 17.8 Å². The molecule has 1 saturated carbocycles. The smallest absolute Gasteiger partial charge is 0.306 e. The highest BCUT2D eigenvalue weighted by Crippen LogP contribution is 2.35. The van der Waals surface area contributed by atoms with Crippen LogP contribution in [0.1, 0.15) is 45.4 Å². The summed E-state index contributed by atoms with van der Waals surface area (Å²) >= 11 is 0. The minimum Gasteiger partial charge on any atom is -0.481 e. The van der Waals surface area contributed by atoms with E-state index in [-0.39, 0.29) is 5.92 Å². The third-order valence-electron chi connectivity index (χ3n) is 3.32. The van der Waals surface area contributed by atoms with Gasteiger partial charge in [-0.15, -0.1) is 0 Å². The zero-order valence-electron chi connectivity index (χ0n) is 9.32. The Hall–Kier alpha value is -0.860. The fraction of sp³-hybridized carbons (Fsp3) is 0.833. The summed E-state index contributed by atoms with van der Waals surface area (Å²) in [7, 11) is 0. The molecule has 0 aromatic heterocycles. The summed E-state index contributed by atoms with van der Waals surface area (Å²) in [6.45, 7) is 2.13. The minimum atomic E-state index is -0.651. The molecule has 0 aromatic rings. The van der Waals surface area contributed by atoms with E-state index in [1.807, 2.05) is 0 Å². The van der Waals surface area contributed by atoms with Crippen molar-refractivity contribution in [3.63, 3.8) is 0 Å². The Morgan fingerprint density at radius 1 is 1.40 bits per heavy atom. The Bertz CT molecular complexity index is 225. The van der Waals surface area contributed by atoms with Gasteiger partial charge in [0.2, 0.25) is 0 Å². The minimum absolute atomic E-state index is 0.157. The third kappa shape index (κ3) is 4.02. The van der Waals surface area contributed by atoms with Gasteiger partial charge < -0.3 is 9.90 Å². The van der Waals surface area contributed by atoms with Crippen molar-refractivity contribution in [1.82, 2.24) is 0 Å². The Balaban J connectivity index is 2.37. The van der Waals surface area contributed by atoms with Crippen LogP contribution in [0.2, 0.25) is 0 Å². The molecule has 3 unspecified atom stereocenters. The third-order valence-corrected chi connectivity index (χ3v) is 3.32. The van der Waals surface area contributed by atoms with Crippen LogP contribution in [0.15, 0.2) is 0 Å². The largest absolute Gasteiger partial charge is 0.481 e. The highest BCUT2D eigenvalue weighted by Gasteiger charge is 2.30. The number of carbonyl (C=O) groups excluding carboxylic acids is 1. The van der Waals surface area contributed by atoms with Gasteiger partial charge >= 0.3 is 5.97 Å². The summed E-state index contributed by atoms with van der Waals surface area (Å²) in [6, 6.07) is 0. The molecule has 1 fully saturated rings. The fourth-order valence-electron chi connectivity index (χ4n) is 2.67. The topological polar surface area (TPSA) is 54.4 Å². The molecule has 0 spiro atoms. The van der Waals surface area contributed by atoms with Crippen LogP contribution in [0, 0.1) is 17.8 Å². The van der Waals surface area contributed by atoms with Crippen LogP contribution in [0.5, 0.6) is 0 Å². The van der Waals surface area contributed by atoms with E-state index < -0.39 is 5.97 Å². The normalized spacial score (nSPS) is 31.1. The number of aliphatic carboxylic acids is 1. The summed E-state index contributed by atoms with van der Waals surface area (Å²) in [5.74, 6) is 0.216. The molecule has 1 aliphatic rings. The summed E-state index contributed by atoms with van der Waals surface area (Å²) in [4.78, 5) is 21.1. The van der Waals surface area contributed by atoms with E-state index in [0.29, 0.717) is 18.3 Å². The van der Waals surface area contributed by atoms with Crippen LogP contribution < -0.4 is 0 Å². The molecule has 0 saturated heterocycles. The summed E-state index contributed by atoms with van der Waals surface area (Å²) in [5.41, 5.74) is 0. The maximum absolute atomic E-state index is 10.9. The van der Waals surface area contributed by atoms with Gasteiger partial charge in [0.1, 0.15) is 6.29 Å². The second kappa shape index (κ2) is 5.89. The molecule has 0 radical (unpaired) electrons. The molecule has 86 valence electrons. The van der Waals surface area contributed by atoms with Crippen molar-refractivity contribution in [3.8, 4) is 0 Å². The molecule has 1 aliphatic carbocycles. The molecule has 1 rings (SSSR count). The molecule has 0 heterocycles. The lowest BCUT2D eigenvalue weighted by atomic mass is 9.74. The highest BCUT2D eigenvalue weighted by atomic mass is 16.4. The quantitative estimate of drug-likeness (QED) is 0.562. The van der Waals surface area contributed by atoms with Crippen LogP contribution in [0.3, 0.4) is 0 Å². The van der Waals surface area contributed by atoms with E-state index in [0.717, 1.165) is 38.4 Å². The van der Waals surface area contributed by atoms with E-state index >= 15 is 0 Å². The van der Waals surface area contributed by atoms with E-state index in [1.165, 1.54) is 0 Å². The first-order valence-corrected chi connectivity index (χ1v) is 5.80.